The molecule has 0 aliphatic carbocycles. The Morgan fingerprint density at radius 1 is 1.45 bits per heavy atom. The molecule has 0 aromatic carbocycles. The molecule has 1 heterocycles. The van der Waals surface area contributed by atoms with Crippen molar-refractivity contribution >= 4 is 35.6 Å². The van der Waals surface area contributed by atoms with Gasteiger partial charge in [0.25, 0.3) is 0 Å². The standard InChI is InChI=1S/C11H15NO7S/c1-19-11(18)6-2-8(13)12(3-6)7(10(16)17)4-20-5-9(14)15/h6-7H,2-5H2,1H3,(H,14,15)(H,16,17)/t6?,7-/m0/s1. The average Bonchev–Trinajstić information content (AvgIpc) is 2.75. The molecule has 0 saturated carbocycles. The molecule has 1 aliphatic rings. The van der Waals surface area contributed by atoms with E-state index in [0.717, 1.165) is 16.7 Å². The molecule has 0 bridgehead atoms. The fourth-order valence-electron chi connectivity index (χ4n) is 1.91. The second kappa shape index (κ2) is 7.13. The number of esters is 1. The quantitative estimate of drug-likeness (QED) is 0.591. The summed E-state index contributed by atoms with van der Waals surface area (Å²) in [5.41, 5.74) is 0. The number of thioether (sulfide) groups is 1. The summed E-state index contributed by atoms with van der Waals surface area (Å²) >= 11 is 0.912. The molecule has 112 valence electrons. The van der Waals surface area contributed by atoms with E-state index in [2.05, 4.69) is 4.74 Å². The van der Waals surface area contributed by atoms with Gasteiger partial charge in [-0.1, -0.05) is 0 Å². The Hall–Kier alpha value is -1.77. The average molecular weight is 305 g/mol. The molecule has 0 spiro atoms. The van der Waals surface area contributed by atoms with Gasteiger partial charge in [0.1, 0.15) is 6.04 Å². The van der Waals surface area contributed by atoms with E-state index >= 15 is 0 Å². The van der Waals surface area contributed by atoms with E-state index in [9.17, 15) is 19.2 Å². The molecule has 20 heavy (non-hydrogen) atoms. The molecule has 1 rings (SSSR count). The number of hydrogen-bond donors (Lipinski definition) is 2. The van der Waals surface area contributed by atoms with Gasteiger partial charge in [0.2, 0.25) is 5.91 Å². The van der Waals surface area contributed by atoms with Gasteiger partial charge in [0, 0.05) is 18.7 Å². The van der Waals surface area contributed by atoms with Gasteiger partial charge in [0.15, 0.2) is 0 Å². The van der Waals surface area contributed by atoms with E-state index in [1.54, 1.807) is 0 Å². The first-order valence-electron chi connectivity index (χ1n) is 5.76. The van der Waals surface area contributed by atoms with Crippen LogP contribution in [0.5, 0.6) is 0 Å². The van der Waals surface area contributed by atoms with Gasteiger partial charge in [0.05, 0.1) is 18.8 Å². The van der Waals surface area contributed by atoms with Gasteiger partial charge < -0.3 is 19.8 Å². The van der Waals surface area contributed by atoms with Crippen LogP contribution >= 0.6 is 11.8 Å². The third-order valence-corrected chi connectivity index (χ3v) is 3.86. The lowest BCUT2D eigenvalue weighted by Gasteiger charge is -2.24. The van der Waals surface area contributed by atoms with E-state index in [4.69, 9.17) is 10.2 Å². The molecule has 0 radical (unpaired) electrons. The van der Waals surface area contributed by atoms with Gasteiger partial charge in [-0.25, -0.2) is 4.79 Å². The third kappa shape index (κ3) is 4.12. The number of hydrogen-bond acceptors (Lipinski definition) is 6. The number of ether oxygens (including phenoxy) is 1. The summed E-state index contributed by atoms with van der Waals surface area (Å²) in [6, 6.07) is -1.14. The van der Waals surface area contributed by atoms with Crippen molar-refractivity contribution in [3.8, 4) is 0 Å². The predicted octanol–water partition coefficient (Wildman–Crippen LogP) is -0.721. The number of carboxylic acid groups (broad SMARTS) is 2. The van der Waals surface area contributed by atoms with Crippen LogP contribution in [-0.4, -0.2) is 70.1 Å². The SMILES string of the molecule is COC(=O)C1CC(=O)N([C@@H](CSCC(=O)O)C(=O)O)C1. The molecule has 2 N–H and O–H groups in total. The second-order valence-electron chi connectivity index (χ2n) is 4.23. The Balaban J connectivity index is 2.67. The van der Waals surface area contributed by atoms with Crippen LogP contribution in [0.1, 0.15) is 6.42 Å². The molecule has 8 nitrogen and oxygen atoms in total. The van der Waals surface area contributed by atoms with Crippen LogP contribution in [0.3, 0.4) is 0 Å². The summed E-state index contributed by atoms with van der Waals surface area (Å²) in [5, 5.41) is 17.6. The topological polar surface area (TPSA) is 121 Å². The van der Waals surface area contributed by atoms with Gasteiger partial charge >= 0.3 is 17.9 Å². The molecular formula is C11H15NO7S. The highest BCUT2D eigenvalue weighted by Gasteiger charge is 2.40. The highest BCUT2D eigenvalue weighted by molar-refractivity contribution is 8.00. The highest BCUT2D eigenvalue weighted by atomic mass is 32.2. The van der Waals surface area contributed by atoms with Crippen molar-refractivity contribution in [1.29, 1.82) is 0 Å². The Kier molecular flexibility index (Phi) is 5.81. The number of likely N-dealkylation sites (tertiary alicyclic amines) is 1. The number of methoxy groups -OCH3 is 1. The van der Waals surface area contributed by atoms with Crippen molar-refractivity contribution in [2.24, 2.45) is 5.92 Å². The fraction of sp³-hybridized carbons (Fsp3) is 0.636. The minimum Gasteiger partial charge on any atom is -0.481 e. The maximum Gasteiger partial charge on any atom is 0.327 e. The van der Waals surface area contributed by atoms with Gasteiger partial charge in [-0.05, 0) is 0 Å². The summed E-state index contributed by atoms with van der Waals surface area (Å²) in [5.74, 6) is -4.22. The summed E-state index contributed by atoms with van der Waals surface area (Å²) in [6.07, 6.45) is -0.0833. The van der Waals surface area contributed by atoms with Gasteiger partial charge in [-0.15, -0.1) is 11.8 Å². The van der Waals surface area contributed by atoms with Crippen LogP contribution in [0, 0.1) is 5.92 Å². The fourth-order valence-corrected chi connectivity index (χ4v) is 2.75. The van der Waals surface area contributed by atoms with Crippen LogP contribution in [0.4, 0.5) is 0 Å². The lowest BCUT2D eigenvalue weighted by molar-refractivity contribution is -0.147. The normalized spacial score (nSPS) is 19.8. The smallest absolute Gasteiger partial charge is 0.327 e. The molecule has 2 atom stereocenters. The Morgan fingerprint density at radius 3 is 2.60 bits per heavy atom. The van der Waals surface area contributed by atoms with Crippen LogP contribution < -0.4 is 0 Å². The Bertz CT molecular complexity index is 425. The number of carbonyl (C=O) groups excluding carboxylic acids is 2. The van der Waals surface area contributed by atoms with Crippen LogP contribution in [0.25, 0.3) is 0 Å². The molecule has 1 amide bonds. The van der Waals surface area contributed by atoms with Gasteiger partial charge in [-0.3, -0.25) is 14.4 Å². The maximum absolute atomic E-state index is 11.8. The summed E-state index contributed by atoms with van der Waals surface area (Å²) < 4.78 is 4.54. The first-order chi connectivity index (χ1) is 9.36. The third-order valence-electron chi connectivity index (χ3n) is 2.86. The summed E-state index contributed by atoms with van der Waals surface area (Å²) in [4.78, 5) is 45.8. The van der Waals surface area contributed by atoms with Crippen LogP contribution in [0.15, 0.2) is 0 Å². The Morgan fingerprint density at radius 2 is 2.10 bits per heavy atom. The predicted molar refractivity (Wildman–Crippen MR) is 68.2 cm³/mol. The van der Waals surface area contributed by atoms with Crippen molar-refractivity contribution in [3.05, 3.63) is 0 Å². The number of carbonyl (C=O) groups is 4. The highest BCUT2D eigenvalue weighted by Crippen LogP contribution is 2.23. The zero-order chi connectivity index (χ0) is 15.3. The number of rotatable bonds is 7. The van der Waals surface area contributed by atoms with Crippen molar-refractivity contribution in [1.82, 2.24) is 4.90 Å². The van der Waals surface area contributed by atoms with E-state index in [0.29, 0.717) is 0 Å². The molecular weight excluding hydrogens is 290 g/mol. The van der Waals surface area contributed by atoms with E-state index in [1.165, 1.54) is 7.11 Å². The molecule has 0 aromatic rings. The molecule has 1 unspecified atom stereocenters. The largest absolute Gasteiger partial charge is 0.481 e. The van der Waals surface area contributed by atoms with Crippen LogP contribution in [-0.2, 0) is 23.9 Å². The van der Waals surface area contributed by atoms with Gasteiger partial charge in [-0.2, -0.15) is 0 Å². The molecule has 1 fully saturated rings. The van der Waals surface area contributed by atoms with Crippen molar-refractivity contribution in [2.45, 2.75) is 12.5 Å². The zero-order valence-corrected chi connectivity index (χ0v) is 11.6. The van der Waals surface area contributed by atoms with E-state index in [-0.39, 0.29) is 24.5 Å². The second-order valence-corrected chi connectivity index (χ2v) is 5.26. The lowest BCUT2D eigenvalue weighted by Crippen LogP contribution is -2.44. The number of carboxylic acids is 2. The number of amides is 1. The number of aliphatic carboxylic acids is 2. The minimum absolute atomic E-state index is 0.0178. The lowest BCUT2D eigenvalue weighted by atomic mass is 10.1. The molecule has 0 aromatic heterocycles. The minimum atomic E-state index is -1.22. The first-order valence-corrected chi connectivity index (χ1v) is 6.92. The van der Waals surface area contributed by atoms with E-state index < -0.39 is 35.8 Å². The number of nitrogens with zero attached hydrogens (tertiary/aromatic N) is 1. The zero-order valence-electron chi connectivity index (χ0n) is 10.8. The van der Waals surface area contributed by atoms with E-state index in [1.807, 2.05) is 0 Å². The molecule has 9 heteroatoms. The molecule has 1 saturated heterocycles. The van der Waals surface area contributed by atoms with Crippen LogP contribution in [0.2, 0.25) is 0 Å². The monoisotopic (exact) mass is 305 g/mol. The Labute approximate surface area is 119 Å². The summed E-state index contributed by atoms with van der Waals surface area (Å²) in [7, 11) is 1.20. The molecule has 1 aliphatic heterocycles. The van der Waals surface area contributed by atoms with Crippen molar-refractivity contribution < 1.29 is 34.1 Å². The van der Waals surface area contributed by atoms with Crippen molar-refractivity contribution in [3.63, 3.8) is 0 Å². The summed E-state index contributed by atoms with van der Waals surface area (Å²) in [6.45, 7) is -0.0178. The first kappa shape index (κ1) is 16.3. The van der Waals surface area contributed by atoms with Crippen molar-refractivity contribution in [2.75, 3.05) is 25.2 Å². The maximum atomic E-state index is 11.8.